The third-order valence-corrected chi connectivity index (χ3v) is 4.40. The van der Waals surface area contributed by atoms with Crippen molar-refractivity contribution in [3.05, 3.63) is 54.0 Å². The first-order valence-corrected chi connectivity index (χ1v) is 8.46. The summed E-state index contributed by atoms with van der Waals surface area (Å²) in [5.41, 5.74) is -0.440. The molecule has 0 radical (unpaired) electrons. The normalized spacial score (nSPS) is 19.1. The Labute approximate surface area is 155 Å². The Morgan fingerprint density at radius 3 is 2.48 bits per heavy atom. The van der Waals surface area contributed by atoms with Crippen LogP contribution in [0, 0.1) is 0 Å². The van der Waals surface area contributed by atoms with Gasteiger partial charge in [-0.05, 0) is 43.3 Å². The number of hydrogen-bond donors (Lipinski definition) is 2. The number of hydrogen-bond acceptors (Lipinski definition) is 5. The van der Waals surface area contributed by atoms with Crippen LogP contribution in [0.1, 0.15) is 36.4 Å². The Balaban J connectivity index is 1.71. The molecule has 0 saturated carbocycles. The van der Waals surface area contributed by atoms with Crippen LogP contribution in [-0.4, -0.2) is 35.1 Å². The number of furan rings is 1. The fraction of sp³-hybridized carbons (Fsp3) is 0.263. The SMILES string of the molecule is CCC(=O)Nc1ccc(C(=O)CN2C(=O)N[C@](C)(c3ccco3)C2=O)cc1. The predicted octanol–water partition coefficient (Wildman–Crippen LogP) is 2.28. The summed E-state index contributed by atoms with van der Waals surface area (Å²) in [4.78, 5) is 49.7. The van der Waals surface area contributed by atoms with E-state index in [0.29, 0.717) is 23.4 Å². The molecule has 2 N–H and O–H groups in total. The van der Waals surface area contributed by atoms with Gasteiger partial charge in [-0.2, -0.15) is 0 Å². The van der Waals surface area contributed by atoms with Crippen molar-refractivity contribution in [2.75, 3.05) is 11.9 Å². The highest BCUT2D eigenvalue weighted by atomic mass is 16.3. The van der Waals surface area contributed by atoms with E-state index in [1.165, 1.54) is 25.3 Å². The van der Waals surface area contributed by atoms with E-state index in [4.69, 9.17) is 4.42 Å². The lowest BCUT2D eigenvalue weighted by molar-refractivity contribution is -0.131. The summed E-state index contributed by atoms with van der Waals surface area (Å²) in [5, 5.41) is 5.25. The molecule has 2 aromatic rings. The molecule has 140 valence electrons. The highest BCUT2D eigenvalue weighted by Gasteiger charge is 2.51. The second kappa shape index (κ2) is 7.06. The number of benzene rings is 1. The van der Waals surface area contributed by atoms with E-state index in [2.05, 4.69) is 10.6 Å². The molecule has 4 amide bonds. The molecule has 8 nitrogen and oxygen atoms in total. The lowest BCUT2D eigenvalue weighted by atomic mass is 9.99. The molecular formula is C19H19N3O5. The Morgan fingerprint density at radius 2 is 1.89 bits per heavy atom. The van der Waals surface area contributed by atoms with E-state index in [1.54, 1.807) is 31.2 Å². The molecule has 1 atom stereocenters. The maximum atomic E-state index is 12.7. The molecular weight excluding hydrogens is 350 g/mol. The van der Waals surface area contributed by atoms with Crippen LogP contribution in [-0.2, 0) is 15.1 Å². The van der Waals surface area contributed by atoms with Crippen molar-refractivity contribution in [2.24, 2.45) is 0 Å². The van der Waals surface area contributed by atoms with Gasteiger partial charge >= 0.3 is 6.03 Å². The number of ketones is 1. The van der Waals surface area contributed by atoms with Crippen LogP contribution in [0.25, 0.3) is 0 Å². The molecule has 0 spiro atoms. The Morgan fingerprint density at radius 1 is 1.19 bits per heavy atom. The van der Waals surface area contributed by atoms with Gasteiger partial charge in [0.1, 0.15) is 5.76 Å². The number of carbonyl (C=O) groups excluding carboxylic acids is 4. The van der Waals surface area contributed by atoms with Crippen molar-refractivity contribution >= 4 is 29.3 Å². The molecule has 1 aliphatic rings. The molecule has 0 bridgehead atoms. The minimum absolute atomic E-state index is 0.134. The average molecular weight is 369 g/mol. The van der Waals surface area contributed by atoms with Gasteiger partial charge in [-0.3, -0.25) is 19.3 Å². The fourth-order valence-corrected chi connectivity index (χ4v) is 2.79. The molecule has 1 aromatic heterocycles. The number of amides is 4. The van der Waals surface area contributed by atoms with Gasteiger partial charge in [0.25, 0.3) is 5.91 Å². The monoisotopic (exact) mass is 369 g/mol. The van der Waals surface area contributed by atoms with Crippen LogP contribution in [0.4, 0.5) is 10.5 Å². The summed E-state index contributed by atoms with van der Waals surface area (Å²) in [6.45, 7) is 2.88. The number of anilines is 1. The van der Waals surface area contributed by atoms with Crippen molar-refractivity contribution in [3.8, 4) is 0 Å². The molecule has 1 saturated heterocycles. The quantitative estimate of drug-likeness (QED) is 0.600. The van der Waals surface area contributed by atoms with Gasteiger partial charge < -0.3 is 15.1 Å². The van der Waals surface area contributed by atoms with Crippen molar-refractivity contribution in [2.45, 2.75) is 25.8 Å². The summed E-state index contributed by atoms with van der Waals surface area (Å²) < 4.78 is 5.25. The number of nitrogens with one attached hydrogen (secondary N) is 2. The van der Waals surface area contributed by atoms with Crippen molar-refractivity contribution in [1.29, 1.82) is 0 Å². The lowest BCUT2D eigenvalue weighted by Gasteiger charge is -2.18. The number of imide groups is 1. The van der Waals surface area contributed by atoms with Crippen molar-refractivity contribution in [1.82, 2.24) is 10.2 Å². The van der Waals surface area contributed by atoms with Gasteiger partial charge in [0, 0.05) is 17.7 Å². The standard InChI is InChI=1S/C19H19N3O5/c1-3-16(24)20-13-8-6-12(7-9-13)14(23)11-22-17(25)19(2,21-18(22)26)15-5-4-10-27-15/h4-10H,3,11H2,1-2H3,(H,20,24)(H,21,26)/t19-/m1/s1. The smallest absolute Gasteiger partial charge is 0.325 e. The number of Topliss-reactive ketones (excluding diaryl/α,β-unsaturated/α-hetero) is 1. The number of rotatable bonds is 6. The lowest BCUT2D eigenvalue weighted by Crippen LogP contribution is -2.41. The molecule has 1 aromatic carbocycles. The van der Waals surface area contributed by atoms with Crippen molar-refractivity contribution in [3.63, 3.8) is 0 Å². The highest BCUT2D eigenvalue weighted by molar-refractivity contribution is 6.11. The first-order chi connectivity index (χ1) is 12.8. The van der Waals surface area contributed by atoms with Crippen LogP contribution in [0.3, 0.4) is 0 Å². The summed E-state index contributed by atoms with van der Waals surface area (Å²) >= 11 is 0. The molecule has 2 heterocycles. The van der Waals surface area contributed by atoms with Crippen LogP contribution >= 0.6 is 0 Å². The largest absolute Gasteiger partial charge is 0.466 e. The van der Waals surface area contributed by atoms with Gasteiger partial charge in [0.05, 0.1) is 12.8 Å². The highest BCUT2D eigenvalue weighted by Crippen LogP contribution is 2.29. The minimum Gasteiger partial charge on any atom is -0.466 e. The maximum Gasteiger partial charge on any atom is 0.325 e. The Bertz CT molecular complexity index is 889. The first kappa shape index (κ1) is 18.4. The van der Waals surface area contributed by atoms with Crippen LogP contribution in [0.5, 0.6) is 0 Å². The topological polar surface area (TPSA) is 109 Å². The van der Waals surface area contributed by atoms with E-state index in [-0.39, 0.29) is 12.5 Å². The summed E-state index contributed by atoms with van der Waals surface area (Å²) in [6.07, 6.45) is 1.76. The zero-order chi connectivity index (χ0) is 19.6. The molecule has 0 aliphatic carbocycles. The molecule has 1 aliphatic heterocycles. The number of urea groups is 1. The Kier molecular flexibility index (Phi) is 4.81. The second-order valence-corrected chi connectivity index (χ2v) is 6.33. The van der Waals surface area contributed by atoms with E-state index >= 15 is 0 Å². The average Bonchev–Trinajstić information content (AvgIpc) is 3.27. The first-order valence-electron chi connectivity index (χ1n) is 8.46. The zero-order valence-electron chi connectivity index (χ0n) is 14.9. The van der Waals surface area contributed by atoms with Gasteiger partial charge in [-0.25, -0.2) is 4.79 Å². The molecule has 1 fully saturated rings. The van der Waals surface area contributed by atoms with E-state index in [0.717, 1.165) is 4.90 Å². The van der Waals surface area contributed by atoms with E-state index in [1.807, 2.05) is 0 Å². The number of carbonyl (C=O) groups is 4. The van der Waals surface area contributed by atoms with Crippen LogP contribution < -0.4 is 10.6 Å². The number of nitrogens with zero attached hydrogens (tertiary/aromatic N) is 1. The Hall–Kier alpha value is -3.42. The van der Waals surface area contributed by atoms with Crippen LogP contribution in [0.2, 0.25) is 0 Å². The second-order valence-electron chi connectivity index (χ2n) is 6.33. The van der Waals surface area contributed by atoms with Gasteiger partial charge in [-0.1, -0.05) is 6.92 Å². The van der Waals surface area contributed by atoms with Crippen molar-refractivity contribution < 1.29 is 23.6 Å². The molecule has 0 unspecified atom stereocenters. The van der Waals surface area contributed by atoms with Crippen LogP contribution in [0.15, 0.2) is 47.1 Å². The zero-order valence-corrected chi connectivity index (χ0v) is 14.9. The van der Waals surface area contributed by atoms with Gasteiger partial charge in [0.2, 0.25) is 5.91 Å². The van der Waals surface area contributed by atoms with E-state index < -0.39 is 23.3 Å². The maximum absolute atomic E-state index is 12.7. The van der Waals surface area contributed by atoms with E-state index in [9.17, 15) is 19.2 Å². The molecule has 3 rings (SSSR count). The fourth-order valence-electron chi connectivity index (χ4n) is 2.79. The van der Waals surface area contributed by atoms with Gasteiger partial charge in [-0.15, -0.1) is 0 Å². The summed E-state index contributed by atoms with van der Waals surface area (Å²) in [6, 6.07) is 8.83. The molecule has 8 heteroatoms. The van der Waals surface area contributed by atoms with Gasteiger partial charge in [0.15, 0.2) is 11.3 Å². The third-order valence-electron chi connectivity index (χ3n) is 4.40. The summed E-state index contributed by atoms with van der Waals surface area (Å²) in [5.74, 6) is -0.782. The third kappa shape index (κ3) is 3.46. The minimum atomic E-state index is -1.34. The predicted molar refractivity (Wildman–Crippen MR) is 96.0 cm³/mol. The molecule has 27 heavy (non-hydrogen) atoms. The summed E-state index contributed by atoms with van der Waals surface area (Å²) in [7, 11) is 0.